The van der Waals surface area contributed by atoms with Gasteiger partial charge in [0.05, 0.1) is 11.1 Å². The fourth-order valence-corrected chi connectivity index (χ4v) is 2.37. The monoisotopic (exact) mass is 388 g/mol. The average Bonchev–Trinajstić information content (AvgIpc) is 3.06. The van der Waals surface area contributed by atoms with Gasteiger partial charge >= 0.3 is 6.18 Å². The van der Waals surface area contributed by atoms with E-state index in [-0.39, 0.29) is 23.9 Å². The van der Waals surface area contributed by atoms with E-state index < -0.39 is 23.5 Å². The first-order valence-electron chi connectivity index (χ1n) is 8.17. The molecule has 3 rings (SSSR count). The van der Waals surface area contributed by atoms with Crippen LogP contribution in [0.25, 0.3) is 11.2 Å². The molecular formula is C18H15F3N6O. The van der Waals surface area contributed by atoms with E-state index in [1.807, 2.05) is 0 Å². The minimum absolute atomic E-state index is 0.0865. The molecule has 3 heterocycles. The van der Waals surface area contributed by atoms with Crippen molar-refractivity contribution in [3.63, 3.8) is 0 Å². The number of nitrogen functional groups attached to an aromatic ring is 1. The molecule has 144 valence electrons. The molecule has 0 aliphatic heterocycles. The molecule has 0 unspecified atom stereocenters. The van der Waals surface area contributed by atoms with E-state index in [1.54, 1.807) is 25.3 Å². The van der Waals surface area contributed by atoms with Crippen LogP contribution in [0.3, 0.4) is 0 Å². The van der Waals surface area contributed by atoms with Gasteiger partial charge in [-0.2, -0.15) is 13.2 Å². The van der Waals surface area contributed by atoms with E-state index >= 15 is 0 Å². The summed E-state index contributed by atoms with van der Waals surface area (Å²) in [5.41, 5.74) is 5.37. The Morgan fingerprint density at radius 2 is 2.18 bits per heavy atom. The molecule has 0 saturated carbocycles. The summed E-state index contributed by atoms with van der Waals surface area (Å²) in [6, 6.07) is 3.96. The van der Waals surface area contributed by atoms with Crippen LogP contribution in [-0.2, 0) is 6.18 Å². The van der Waals surface area contributed by atoms with Crippen molar-refractivity contribution >= 4 is 22.9 Å². The number of alkyl halides is 3. The summed E-state index contributed by atoms with van der Waals surface area (Å²) in [7, 11) is 0. The highest BCUT2D eigenvalue weighted by molar-refractivity contribution is 5.93. The third-order valence-corrected chi connectivity index (χ3v) is 3.71. The van der Waals surface area contributed by atoms with Gasteiger partial charge < -0.3 is 16.0 Å². The Bertz CT molecular complexity index is 1050. The number of carbonyl (C=O) groups excluding carboxylic acids is 1. The van der Waals surface area contributed by atoms with Gasteiger partial charge in [-0.3, -0.25) is 4.79 Å². The number of pyridine rings is 2. The van der Waals surface area contributed by atoms with Gasteiger partial charge in [-0.1, -0.05) is 11.8 Å². The maximum absolute atomic E-state index is 12.8. The molecule has 28 heavy (non-hydrogen) atoms. The molecule has 3 aromatic heterocycles. The first-order valence-corrected chi connectivity index (χ1v) is 8.17. The van der Waals surface area contributed by atoms with Crippen LogP contribution in [-0.4, -0.2) is 31.9 Å². The van der Waals surface area contributed by atoms with Gasteiger partial charge in [0.2, 0.25) is 0 Å². The predicted molar refractivity (Wildman–Crippen MR) is 96.0 cm³/mol. The lowest BCUT2D eigenvalue weighted by molar-refractivity contribution is -0.137. The summed E-state index contributed by atoms with van der Waals surface area (Å²) in [5.74, 6) is 4.41. The summed E-state index contributed by atoms with van der Waals surface area (Å²) < 4.78 is 38.5. The molecule has 0 aliphatic rings. The summed E-state index contributed by atoms with van der Waals surface area (Å²) in [5, 5.41) is 2.71. The zero-order chi connectivity index (χ0) is 20.3. The number of halogens is 3. The van der Waals surface area contributed by atoms with Crippen LogP contribution in [0.2, 0.25) is 0 Å². The van der Waals surface area contributed by atoms with Gasteiger partial charge in [-0.15, -0.1) is 0 Å². The molecule has 1 amide bonds. The highest BCUT2D eigenvalue weighted by atomic mass is 19.4. The highest BCUT2D eigenvalue weighted by Crippen LogP contribution is 2.32. The van der Waals surface area contributed by atoms with E-state index in [2.05, 4.69) is 37.1 Å². The molecule has 0 bridgehead atoms. The first kappa shape index (κ1) is 19.2. The van der Waals surface area contributed by atoms with Crippen LogP contribution in [0, 0.1) is 11.8 Å². The van der Waals surface area contributed by atoms with E-state index in [0.29, 0.717) is 11.2 Å². The molecule has 10 heteroatoms. The minimum atomic E-state index is -4.60. The standard InChI is InChI=1S/C18H15F3N6O/c1-10(25-17(28)16-26-13-6-3-7-23-15(13)27-16)4-2-5-11-8-12(18(19,20)21)14(22)24-9-11/h3,6-10H,4H2,1H3,(H2,22,24)(H,25,28)(H,23,26,27)/t10-/m0/s1. The van der Waals surface area contributed by atoms with E-state index in [9.17, 15) is 18.0 Å². The Hall–Kier alpha value is -3.61. The van der Waals surface area contributed by atoms with Crippen molar-refractivity contribution in [2.45, 2.75) is 25.6 Å². The number of carbonyl (C=O) groups is 1. The number of nitrogens with two attached hydrogens (primary N) is 1. The Kier molecular flexibility index (Phi) is 5.17. The Balaban J connectivity index is 1.63. The number of hydrogen-bond donors (Lipinski definition) is 3. The van der Waals surface area contributed by atoms with Crippen molar-refractivity contribution in [3.05, 3.63) is 47.5 Å². The van der Waals surface area contributed by atoms with Crippen molar-refractivity contribution in [1.29, 1.82) is 0 Å². The van der Waals surface area contributed by atoms with Gasteiger partial charge in [-0.05, 0) is 25.1 Å². The number of imidazole rings is 1. The van der Waals surface area contributed by atoms with Gasteiger partial charge in [0.1, 0.15) is 5.82 Å². The Labute approximate surface area is 157 Å². The molecule has 0 aromatic carbocycles. The number of nitrogens with zero attached hydrogens (tertiary/aromatic N) is 3. The zero-order valence-electron chi connectivity index (χ0n) is 14.6. The summed E-state index contributed by atoms with van der Waals surface area (Å²) >= 11 is 0. The van der Waals surface area contributed by atoms with Gasteiger partial charge in [0.25, 0.3) is 5.91 Å². The maximum atomic E-state index is 12.8. The summed E-state index contributed by atoms with van der Waals surface area (Å²) in [6.07, 6.45) is -1.64. The SMILES string of the molecule is C[C@@H](CC#Cc1cnc(N)c(C(F)(F)F)c1)NC(=O)c1nc2ncccc2[nH]1. The van der Waals surface area contributed by atoms with Crippen molar-refractivity contribution in [2.24, 2.45) is 0 Å². The normalized spacial score (nSPS) is 12.3. The Morgan fingerprint density at radius 1 is 1.39 bits per heavy atom. The quantitative estimate of drug-likeness (QED) is 0.598. The molecule has 0 fully saturated rings. The number of nitrogens with one attached hydrogen (secondary N) is 2. The van der Waals surface area contributed by atoms with Crippen LogP contribution in [0.1, 0.15) is 35.1 Å². The molecular weight excluding hydrogens is 373 g/mol. The Morgan fingerprint density at radius 3 is 2.89 bits per heavy atom. The number of anilines is 1. The van der Waals surface area contributed by atoms with E-state index in [4.69, 9.17) is 5.73 Å². The fourth-order valence-electron chi connectivity index (χ4n) is 2.37. The lowest BCUT2D eigenvalue weighted by Gasteiger charge is -2.09. The number of H-pyrrole nitrogens is 1. The minimum Gasteiger partial charge on any atom is -0.383 e. The second-order valence-corrected chi connectivity index (χ2v) is 5.99. The van der Waals surface area contributed by atoms with Crippen molar-refractivity contribution in [1.82, 2.24) is 25.3 Å². The van der Waals surface area contributed by atoms with Gasteiger partial charge in [0, 0.05) is 30.4 Å². The van der Waals surface area contributed by atoms with Crippen molar-refractivity contribution in [2.75, 3.05) is 5.73 Å². The number of hydrogen-bond acceptors (Lipinski definition) is 5. The van der Waals surface area contributed by atoms with Crippen LogP contribution < -0.4 is 11.1 Å². The average molecular weight is 388 g/mol. The highest BCUT2D eigenvalue weighted by Gasteiger charge is 2.33. The molecule has 3 aromatic rings. The summed E-state index contributed by atoms with van der Waals surface area (Å²) in [4.78, 5) is 26.7. The zero-order valence-corrected chi connectivity index (χ0v) is 14.6. The second kappa shape index (κ2) is 7.56. The van der Waals surface area contributed by atoms with E-state index in [0.717, 1.165) is 6.07 Å². The molecule has 7 nitrogen and oxygen atoms in total. The third kappa shape index (κ3) is 4.37. The third-order valence-electron chi connectivity index (χ3n) is 3.71. The van der Waals surface area contributed by atoms with Crippen LogP contribution in [0.15, 0.2) is 30.6 Å². The molecule has 0 saturated heterocycles. The number of fused-ring (bicyclic) bond motifs is 1. The lowest BCUT2D eigenvalue weighted by atomic mass is 10.1. The summed E-state index contributed by atoms with van der Waals surface area (Å²) in [6.45, 7) is 1.72. The van der Waals surface area contributed by atoms with E-state index in [1.165, 1.54) is 6.20 Å². The van der Waals surface area contributed by atoms with Gasteiger partial charge in [0.15, 0.2) is 11.5 Å². The van der Waals surface area contributed by atoms with Crippen molar-refractivity contribution in [3.8, 4) is 11.8 Å². The topological polar surface area (TPSA) is 110 Å². The smallest absolute Gasteiger partial charge is 0.383 e. The second-order valence-electron chi connectivity index (χ2n) is 5.99. The first-order chi connectivity index (χ1) is 13.2. The van der Waals surface area contributed by atoms with Gasteiger partial charge in [-0.25, -0.2) is 15.0 Å². The fraction of sp³-hybridized carbons (Fsp3) is 0.222. The van der Waals surface area contributed by atoms with Crippen LogP contribution in [0.4, 0.5) is 19.0 Å². The predicted octanol–water partition coefficient (Wildman–Crippen LogP) is 2.51. The number of rotatable bonds is 3. The largest absolute Gasteiger partial charge is 0.419 e. The number of amides is 1. The molecule has 1 atom stereocenters. The maximum Gasteiger partial charge on any atom is 0.419 e. The van der Waals surface area contributed by atoms with Crippen molar-refractivity contribution < 1.29 is 18.0 Å². The molecule has 0 aliphatic carbocycles. The van der Waals surface area contributed by atoms with Crippen LogP contribution >= 0.6 is 0 Å². The number of aromatic nitrogens is 4. The molecule has 4 N–H and O–H groups in total. The van der Waals surface area contributed by atoms with Crippen LogP contribution in [0.5, 0.6) is 0 Å². The lowest BCUT2D eigenvalue weighted by Crippen LogP contribution is -2.32. The number of aromatic amines is 1. The molecule has 0 spiro atoms. The molecule has 0 radical (unpaired) electrons.